The maximum atomic E-state index is 12.3. The van der Waals surface area contributed by atoms with Crippen molar-refractivity contribution in [3.05, 3.63) is 53.1 Å². The molecule has 0 heterocycles. The molecule has 0 aliphatic carbocycles. The first-order valence-corrected chi connectivity index (χ1v) is 9.96. The van der Waals surface area contributed by atoms with E-state index in [1.54, 1.807) is 6.07 Å². The second-order valence-electron chi connectivity index (χ2n) is 6.30. The number of nitrogens with zero attached hydrogens (tertiary/aromatic N) is 2. The number of hydrogen-bond acceptors (Lipinski definition) is 4. The number of anilines is 2. The number of sulfonamides is 1. The van der Waals surface area contributed by atoms with Crippen molar-refractivity contribution in [2.45, 2.75) is 11.4 Å². The first-order chi connectivity index (χ1) is 12.6. The average molecular weight is 411 g/mol. The molecule has 0 fully saturated rings. The largest absolute Gasteiger partial charge is 0.378 e. The number of amides is 2. The molecule has 0 unspecified atom stereocenters. The summed E-state index contributed by atoms with van der Waals surface area (Å²) in [5.41, 5.74) is 2.35. The third kappa shape index (κ3) is 5.35. The van der Waals surface area contributed by atoms with Gasteiger partial charge >= 0.3 is 6.03 Å². The van der Waals surface area contributed by atoms with Crippen LogP contribution in [0.15, 0.2) is 47.4 Å². The van der Waals surface area contributed by atoms with Crippen LogP contribution >= 0.6 is 11.6 Å². The van der Waals surface area contributed by atoms with E-state index in [9.17, 15) is 13.2 Å². The Morgan fingerprint density at radius 1 is 1.04 bits per heavy atom. The third-order valence-electron chi connectivity index (χ3n) is 3.85. The van der Waals surface area contributed by atoms with Crippen molar-refractivity contribution in [2.75, 3.05) is 38.4 Å². The van der Waals surface area contributed by atoms with E-state index in [0.717, 1.165) is 15.6 Å². The van der Waals surface area contributed by atoms with Crippen LogP contribution in [0.1, 0.15) is 5.56 Å². The molecule has 0 aromatic heterocycles. The van der Waals surface area contributed by atoms with Crippen LogP contribution in [0.25, 0.3) is 0 Å². The van der Waals surface area contributed by atoms with Gasteiger partial charge in [0.2, 0.25) is 10.0 Å². The molecule has 0 bridgehead atoms. The minimum atomic E-state index is -3.71. The van der Waals surface area contributed by atoms with Gasteiger partial charge in [0.15, 0.2) is 0 Å². The molecule has 2 rings (SSSR count). The van der Waals surface area contributed by atoms with E-state index in [1.807, 2.05) is 43.3 Å². The lowest BCUT2D eigenvalue weighted by Gasteiger charge is -2.15. The topological polar surface area (TPSA) is 81.8 Å². The number of benzene rings is 2. The van der Waals surface area contributed by atoms with Crippen LogP contribution in [0.4, 0.5) is 16.2 Å². The van der Waals surface area contributed by atoms with E-state index >= 15 is 0 Å². The molecule has 2 aromatic rings. The maximum Gasteiger partial charge on any atom is 0.319 e. The van der Waals surface area contributed by atoms with E-state index in [-0.39, 0.29) is 9.92 Å². The molecule has 7 nitrogen and oxygen atoms in total. The van der Waals surface area contributed by atoms with Gasteiger partial charge in [-0.2, -0.15) is 0 Å². The Balaban J connectivity index is 2.03. The van der Waals surface area contributed by atoms with Gasteiger partial charge in [-0.1, -0.05) is 23.7 Å². The zero-order chi connectivity index (χ0) is 20.2. The fourth-order valence-electron chi connectivity index (χ4n) is 2.25. The zero-order valence-electron chi connectivity index (χ0n) is 15.7. The lowest BCUT2D eigenvalue weighted by atomic mass is 10.2. The van der Waals surface area contributed by atoms with Gasteiger partial charge in [-0.05, 0) is 35.9 Å². The minimum Gasteiger partial charge on any atom is -0.378 e. The van der Waals surface area contributed by atoms with E-state index < -0.39 is 16.1 Å². The van der Waals surface area contributed by atoms with Gasteiger partial charge in [0, 0.05) is 46.1 Å². The molecule has 0 radical (unpaired) electrons. The van der Waals surface area contributed by atoms with Crippen LogP contribution < -0.4 is 15.5 Å². The van der Waals surface area contributed by atoms with E-state index in [2.05, 4.69) is 10.6 Å². The zero-order valence-corrected chi connectivity index (χ0v) is 17.2. The molecule has 0 aliphatic rings. The highest BCUT2D eigenvalue weighted by atomic mass is 35.5. The maximum absolute atomic E-state index is 12.3. The van der Waals surface area contributed by atoms with E-state index in [0.29, 0.717) is 12.2 Å². The third-order valence-corrected chi connectivity index (χ3v) is 6.15. The Kier molecular flexibility index (Phi) is 6.69. The summed E-state index contributed by atoms with van der Waals surface area (Å²) in [5.74, 6) is 0. The molecule has 146 valence electrons. The van der Waals surface area contributed by atoms with Gasteiger partial charge in [-0.25, -0.2) is 17.5 Å². The van der Waals surface area contributed by atoms with Crippen LogP contribution in [-0.4, -0.2) is 46.9 Å². The molecule has 0 atom stereocenters. The van der Waals surface area contributed by atoms with Crippen LogP contribution in [0, 0.1) is 0 Å². The van der Waals surface area contributed by atoms with Gasteiger partial charge in [0.25, 0.3) is 0 Å². The lowest BCUT2D eigenvalue weighted by Crippen LogP contribution is -2.28. The quantitative estimate of drug-likeness (QED) is 0.767. The van der Waals surface area contributed by atoms with Crippen molar-refractivity contribution in [2.24, 2.45) is 0 Å². The molecule has 27 heavy (non-hydrogen) atoms. The summed E-state index contributed by atoms with van der Waals surface area (Å²) >= 11 is 6.00. The fraction of sp³-hybridized carbons (Fsp3) is 0.278. The molecule has 9 heteroatoms. The second kappa shape index (κ2) is 8.60. The van der Waals surface area contributed by atoms with Crippen molar-refractivity contribution in [3.63, 3.8) is 0 Å². The number of rotatable bonds is 6. The number of halogens is 1. The summed E-state index contributed by atoms with van der Waals surface area (Å²) < 4.78 is 25.6. The summed E-state index contributed by atoms with van der Waals surface area (Å²) in [6.07, 6.45) is 0. The number of nitrogens with one attached hydrogen (secondary N) is 2. The van der Waals surface area contributed by atoms with Gasteiger partial charge < -0.3 is 15.5 Å². The molecular formula is C18H23ClN4O3S. The molecule has 0 saturated carbocycles. The number of hydrogen-bond donors (Lipinski definition) is 2. The average Bonchev–Trinajstić information content (AvgIpc) is 2.61. The molecule has 0 aliphatic heterocycles. The SMILES string of the molecule is CN(C)c1ccc(CNC(=O)Nc2ccc(Cl)c(S(=O)(=O)N(C)C)c2)cc1. The molecule has 2 amide bonds. The number of carbonyl (C=O) groups excluding carboxylic acids is 1. The Morgan fingerprint density at radius 3 is 2.22 bits per heavy atom. The predicted octanol–water partition coefficient (Wildman–Crippen LogP) is 2.98. The summed E-state index contributed by atoms with van der Waals surface area (Å²) in [7, 11) is 3.04. The Labute approximate surface area is 165 Å². The summed E-state index contributed by atoms with van der Waals surface area (Å²) in [6.45, 7) is 0.343. The minimum absolute atomic E-state index is 0.0637. The molecule has 0 saturated heterocycles. The Hall–Kier alpha value is -2.29. The second-order valence-corrected chi connectivity index (χ2v) is 8.83. The standard InChI is InChI=1S/C18H23ClN4O3S/c1-22(2)15-8-5-13(6-9-15)12-20-18(24)21-14-7-10-16(19)17(11-14)27(25,26)23(3)4/h5-11H,12H2,1-4H3,(H2,20,21,24). The Bertz CT molecular complexity index is 913. The highest BCUT2D eigenvalue weighted by molar-refractivity contribution is 7.89. The Morgan fingerprint density at radius 2 is 1.67 bits per heavy atom. The van der Waals surface area contributed by atoms with Crippen LogP contribution in [0.2, 0.25) is 5.02 Å². The van der Waals surface area contributed by atoms with Crippen molar-refractivity contribution < 1.29 is 13.2 Å². The van der Waals surface area contributed by atoms with Crippen LogP contribution in [0.3, 0.4) is 0 Å². The van der Waals surface area contributed by atoms with Crippen molar-refractivity contribution >= 4 is 39.0 Å². The number of urea groups is 1. The first-order valence-electron chi connectivity index (χ1n) is 8.14. The van der Waals surface area contributed by atoms with Gasteiger partial charge in [-0.3, -0.25) is 0 Å². The van der Waals surface area contributed by atoms with Crippen molar-refractivity contribution in [1.82, 2.24) is 9.62 Å². The van der Waals surface area contributed by atoms with E-state index in [1.165, 1.54) is 26.2 Å². The molecule has 2 N–H and O–H groups in total. The monoisotopic (exact) mass is 410 g/mol. The van der Waals surface area contributed by atoms with Gasteiger partial charge in [0.1, 0.15) is 4.90 Å². The fourth-order valence-corrected chi connectivity index (χ4v) is 3.64. The van der Waals surface area contributed by atoms with Crippen molar-refractivity contribution in [1.29, 1.82) is 0 Å². The smallest absolute Gasteiger partial charge is 0.319 e. The van der Waals surface area contributed by atoms with Crippen LogP contribution in [0.5, 0.6) is 0 Å². The summed E-state index contributed by atoms with van der Waals surface area (Å²) in [6, 6.07) is 11.7. The van der Waals surface area contributed by atoms with E-state index in [4.69, 9.17) is 11.6 Å². The van der Waals surface area contributed by atoms with Gasteiger partial charge in [-0.15, -0.1) is 0 Å². The normalized spacial score (nSPS) is 11.3. The molecular weight excluding hydrogens is 388 g/mol. The predicted molar refractivity (Wildman–Crippen MR) is 109 cm³/mol. The van der Waals surface area contributed by atoms with Crippen LogP contribution in [-0.2, 0) is 16.6 Å². The highest BCUT2D eigenvalue weighted by Crippen LogP contribution is 2.26. The first kappa shape index (κ1) is 21.0. The molecule has 0 spiro atoms. The van der Waals surface area contributed by atoms with Gasteiger partial charge in [0.05, 0.1) is 5.02 Å². The number of carbonyl (C=O) groups is 1. The van der Waals surface area contributed by atoms with Crippen molar-refractivity contribution in [3.8, 4) is 0 Å². The summed E-state index contributed by atoms with van der Waals surface area (Å²) in [4.78, 5) is 14.0. The highest BCUT2D eigenvalue weighted by Gasteiger charge is 2.21. The summed E-state index contributed by atoms with van der Waals surface area (Å²) in [5, 5.41) is 5.45. The molecule has 2 aromatic carbocycles. The lowest BCUT2D eigenvalue weighted by molar-refractivity contribution is 0.251.